The Morgan fingerprint density at radius 1 is 0.900 bits per heavy atom. The highest BCUT2D eigenvalue weighted by atomic mass is 14.6. The molecule has 5 unspecified atom stereocenters. The summed E-state index contributed by atoms with van der Waals surface area (Å²) in [6, 6.07) is 0. The van der Waals surface area contributed by atoms with Gasteiger partial charge in [-0.05, 0) is 73.5 Å². The molecule has 2 bridgehead atoms. The van der Waals surface area contributed by atoms with Crippen LogP contribution in [0.1, 0.15) is 72.1 Å². The van der Waals surface area contributed by atoms with Crippen molar-refractivity contribution in [3.05, 3.63) is 0 Å². The second kappa shape index (κ2) is 5.10. The molecule has 0 amide bonds. The molecular weight excluding hydrogens is 238 g/mol. The van der Waals surface area contributed by atoms with E-state index < -0.39 is 0 Å². The molecule has 0 aromatic heterocycles. The van der Waals surface area contributed by atoms with Gasteiger partial charge in [0.15, 0.2) is 0 Å². The average Bonchev–Trinajstić information content (AvgIpc) is 2.99. The third-order valence-corrected chi connectivity index (χ3v) is 8.32. The van der Waals surface area contributed by atoms with Crippen molar-refractivity contribution in [3.8, 4) is 0 Å². The number of hydrogen-bond donors (Lipinski definition) is 0. The predicted molar refractivity (Wildman–Crippen MR) is 93.6 cm³/mol. The minimum atomic E-state index is 0.497. The van der Waals surface area contributed by atoms with Gasteiger partial charge in [-0.25, -0.2) is 0 Å². The Labute approximate surface area is 128 Å². The Hall–Kier alpha value is 0.130. The fourth-order valence-electron chi connectivity index (χ4n) is 6.34. The summed E-state index contributed by atoms with van der Waals surface area (Å²) in [7, 11) is 5.17. The number of hydrogen-bond acceptors (Lipinski definition) is 0. The monoisotopic (exact) mass is 272 g/mol. The summed E-state index contributed by atoms with van der Waals surface area (Å²) >= 11 is 0. The molecular formula is C18H34B2. The second-order valence-electron chi connectivity index (χ2n) is 9.53. The molecule has 112 valence electrons. The van der Waals surface area contributed by atoms with E-state index in [1.54, 1.807) is 32.1 Å². The fourth-order valence-corrected chi connectivity index (χ4v) is 6.34. The van der Waals surface area contributed by atoms with Crippen LogP contribution < -0.4 is 0 Å². The fraction of sp³-hybridized carbons (Fsp3) is 1.00. The highest BCUT2D eigenvalue weighted by Crippen LogP contribution is 2.62. The Balaban J connectivity index is 1.72. The smallest absolute Gasteiger partial charge is 0.0769 e. The van der Waals surface area contributed by atoms with Crippen molar-refractivity contribution >= 4 is 15.7 Å². The Morgan fingerprint density at radius 3 is 2.20 bits per heavy atom. The van der Waals surface area contributed by atoms with Crippen LogP contribution in [0.4, 0.5) is 0 Å². The van der Waals surface area contributed by atoms with E-state index in [1.165, 1.54) is 19.3 Å². The first-order chi connectivity index (χ1) is 9.37. The number of rotatable bonds is 4. The van der Waals surface area contributed by atoms with Gasteiger partial charge in [0.1, 0.15) is 15.7 Å². The highest BCUT2D eigenvalue weighted by Gasteiger charge is 2.52. The maximum absolute atomic E-state index is 2.58. The highest BCUT2D eigenvalue weighted by molar-refractivity contribution is 6.40. The molecule has 2 heteroatoms. The van der Waals surface area contributed by atoms with Crippen LogP contribution in [0.5, 0.6) is 0 Å². The quantitative estimate of drug-likeness (QED) is 0.685. The molecule has 20 heavy (non-hydrogen) atoms. The van der Waals surface area contributed by atoms with E-state index in [1.807, 2.05) is 0 Å². The Morgan fingerprint density at radius 2 is 1.55 bits per heavy atom. The molecule has 3 rings (SSSR count). The van der Waals surface area contributed by atoms with E-state index in [0.717, 1.165) is 29.6 Å². The molecule has 3 saturated carbocycles. The SMILES string of the molecule is BC(B)(C1CCC2C3CCC(C3)C2C1)C(C)(C)CCC. The van der Waals surface area contributed by atoms with Crippen LogP contribution in [0.25, 0.3) is 0 Å². The summed E-state index contributed by atoms with van der Waals surface area (Å²) in [6.45, 7) is 7.41. The van der Waals surface area contributed by atoms with Crippen LogP contribution in [0.3, 0.4) is 0 Å². The zero-order valence-corrected chi connectivity index (χ0v) is 14.5. The Bertz CT molecular complexity index is 360. The van der Waals surface area contributed by atoms with Gasteiger partial charge < -0.3 is 0 Å². The third-order valence-electron chi connectivity index (χ3n) is 8.32. The van der Waals surface area contributed by atoms with Crippen molar-refractivity contribution in [2.45, 2.75) is 77.4 Å². The van der Waals surface area contributed by atoms with Crippen molar-refractivity contribution in [2.75, 3.05) is 0 Å². The van der Waals surface area contributed by atoms with Gasteiger partial charge >= 0.3 is 0 Å². The van der Waals surface area contributed by atoms with Crippen LogP contribution in [0, 0.1) is 35.0 Å². The molecule has 3 aliphatic rings. The first-order valence-corrected chi connectivity index (χ1v) is 9.37. The molecule has 0 aromatic rings. The lowest BCUT2D eigenvalue weighted by atomic mass is 9.35. The van der Waals surface area contributed by atoms with Crippen molar-refractivity contribution in [1.29, 1.82) is 0 Å². The van der Waals surface area contributed by atoms with Crippen LogP contribution in [-0.2, 0) is 0 Å². The predicted octanol–water partition coefficient (Wildman–Crippen LogP) is 3.66. The Kier molecular flexibility index (Phi) is 3.83. The summed E-state index contributed by atoms with van der Waals surface area (Å²) in [5, 5.41) is 0.510. The van der Waals surface area contributed by atoms with Crippen molar-refractivity contribution in [1.82, 2.24) is 0 Å². The summed E-state index contributed by atoms with van der Waals surface area (Å²) in [6.07, 6.45) is 12.1. The largest absolute Gasteiger partial charge is 0.100 e. The van der Waals surface area contributed by atoms with Crippen LogP contribution in [0.2, 0.25) is 5.21 Å². The lowest BCUT2D eigenvalue weighted by molar-refractivity contribution is 0.0811. The van der Waals surface area contributed by atoms with Crippen molar-refractivity contribution in [3.63, 3.8) is 0 Å². The van der Waals surface area contributed by atoms with Crippen molar-refractivity contribution < 1.29 is 0 Å². The van der Waals surface area contributed by atoms with E-state index in [-0.39, 0.29) is 0 Å². The van der Waals surface area contributed by atoms with Crippen LogP contribution >= 0.6 is 0 Å². The molecule has 0 heterocycles. The van der Waals surface area contributed by atoms with Crippen LogP contribution in [0.15, 0.2) is 0 Å². The average molecular weight is 272 g/mol. The zero-order valence-electron chi connectivity index (χ0n) is 14.5. The second-order valence-corrected chi connectivity index (χ2v) is 9.53. The molecule has 3 aliphatic carbocycles. The van der Waals surface area contributed by atoms with E-state index in [0.29, 0.717) is 10.6 Å². The van der Waals surface area contributed by atoms with Crippen molar-refractivity contribution in [2.24, 2.45) is 35.0 Å². The van der Waals surface area contributed by atoms with Gasteiger partial charge in [-0.2, -0.15) is 0 Å². The molecule has 0 nitrogen and oxygen atoms in total. The molecule has 0 saturated heterocycles. The maximum atomic E-state index is 2.58. The van der Waals surface area contributed by atoms with Gasteiger partial charge in [0.2, 0.25) is 0 Å². The molecule has 0 aromatic carbocycles. The lowest BCUT2D eigenvalue weighted by Crippen LogP contribution is -2.43. The van der Waals surface area contributed by atoms with Gasteiger partial charge in [0, 0.05) is 0 Å². The van der Waals surface area contributed by atoms with Crippen LogP contribution in [-0.4, -0.2) is 15.7 Å². The van der Waals surface area contributed by atoms with Gasteiger partial charge in [-0.3, -0.25) is 0 Å². The molecule has 0 radical (unpaired) electrons. The topological polar surface area (TPSA) is 0 Å². The van der Waals surface area contributed by atoms with Gasteiger partial charge in [0.25, 0.3) is 0 Å². The molecule has 0 spiro atoms. The molecule has 0 aliphatic heterocycles. The maximum Gasteiger partial charge on any atom is 0.100 e. The minimum absolute atomic E-state index is 0.497. The van der Waals surface area contributed by atoms with Gasteiger partial charge in [0.05, 0.1) is 0 Å². The first kappa shape index (κ1) is 15.0. The van der Waals surface area contributed by atoms with E-state index in [9.17, 15) is 0 Å². The summed E-state index contributed by atoms with van der Waals surface area (Å²) in [5.41, 5.74) is 0.497. The lowest BCUT2D eigenvalue weighted by Gasteiger charge is -2.52. The van der Waals surface area contributed by atoms with Gasteiger partial charge in [-0.1, -0.05) is 38.8 Å². The minimum Gasteiger partial charge on any atom is -0.0769 e. The van der Waals surface area contributed by atoms with Gasteiger partial charge in [-0.15, -0.1) is 0 Å². The zero-order chi connectivity index (χ0) is 14.5. The molecule has 3 fully saturated rings. The van der Waals surface area contributed by atoms with E-state index in [4.69, 9.17) is 0 Å². The summed E-state index contributed by atoms with van der Waals surface area (Å²) in [4.78, 5) is 0. The number of fused-ring (bicyclic) bond motifs is 5. The third kappa shape index (κ3) is 2.20. The molecule has 5 atom stereocenters. The normalized spacial score (nSPS) is 40.9. The van der Waals surface area contributed by atoms with E-state index >= 15 is 0 Å². The van der Waals surface area contributed by atoms with E-state index in [2.05, 4.69) is 36.5 Å². The first-order valence-electron chi connectivity index (χ1n) is 9.37. The summed E-state index contributed by atoms with van der Waals surface area (Å²) in [5.74, 6) is 5.49. The summed E-state index contributed by atoms with van der Waals surface area (Å²) < 4.78 is 0. The molecule has 0 N–H and O–H groups in total. The standard InChI is InChI=1S/C18H34B2/c1-4-9-17(2,3)18(19,20)14-7-8-15-12-5-6-13(10-12)16(15)11-14/h12-16H,4-11,19-20H2,1-3H3.